The average Bonchev–Trinajstić information content (AvgIpc) is 2.86. The third-order valence-electron chi connectivity index (χ3n) is 4.97. The number of rotatable bonds is 5. The molecule has 7 nitrogen and oxygen atoms in total. The van der Waals surface area contributed by atoms with Crippen molar-refractivity contribution in [3.8, 4) is 22.8 Å². The molecule has 0 radical (unpaired) electrons. The Balaban J connectivity index is 1.30. The Morgan fingerprint density at radius 1 is 0.829 bits per heavy atom. The highest BCUT2D eigenvalue weighted by atomic mass is 19.1. The molecule has 0 spiro atoms. The highest BCUT2D eigenvalue weighted by Crippen LogP contribution is 2.29. The van der Waals surface area contributed by atoms with Crippen molar-refractivity contribution in [1.82, 2.24) is 15.0 Å². The molecule has 35 heavy (non-hydrogen) atoms. The lowest BCUT2D eigenvalue weighted by Gasteiger charge is -2.11. The van der Waals surface area contributed by atoms with E-state index in [9.17, 15) is 13.6 Å². The SMILES string of the molecule is O=C(Nc1cccc(F)c1)Nc1ccc(Oc2ccc3ncc(-c4cccnc4)nc3c2)c(F)c1. The van der Waals surface area contributed by atoms with Crippen molar-refractivity contribution in [3.05, 3.63) is 103 Å². The van der Waals surface area contributed by atoms with Crippen LogP contribution in [0.2, 0.25) is 0 Å². The molecular formula is C26H17F2N5O2. The van der Waals surface area contributed by atoms with Gasteiger partial charge < -0.3 is 15.4 Å². The fourth-order valence-corrected chi connectivity index (χ4v) is 3.36. The van der Waals surface area contributed by atoms with Crippen LogP contribution < -0.4 is 15.4 Å². The number of carbonyl (C=O) groups excluding carboxylic acids is 1. The zero-order valence-corrected chi connectivity index (χ0v) is 18.1. The van der Waals surface area contributed by atoms with Crippen molar-refractivity contribution in [2.24, 2.45) is 0 Å². The Bertz CT molecular complexity index is 1530. The molecule has 0 aliphatic carbocycles. The van der Waals surface area contributed by atoms with E-state index in [1.165, 1.54) is 36.4 Å². The molecule has 2 heterocycles. The summed E-state index contributed by atoms with van der Waals surface area (Å²) < 4.78 is 33.7. The van der Waals surface area contributed by atoms with Gasteiger partial charge in [0.25, 0.3) is 0 Å². The number of nitrogens with zero attached hydrogens (tertiary/aromatic N) is 3. The van der Waals surface area contributed by atoms with Gasteiger partial charge in [-0.3, -0.25) is 9.97 Å². The molecular weight excluding hydrogens is 452 g/mol. The van der Waals surface area contributed by atoms with Crippen LogP contribution in [0.1, 0.15) is 0 Å². The molecule has 5 aromatic rings. The van der Waals surface area contributed by atoms with Crippen LogP contribution in [0.4, 0.5) is 25.0 Å². The van der Waals surface area contributed by atoms with Crippen LogP contribution in [0, 0.1) is 11.6 Å². The second-order valence-corrected chi connectivity index (χ2v) is 7.48. The predicted octanol–water partition coefficient (Wildman–Crippen LogP) is 6.41. The van der Waals surface area contributed by atoms with Gasteiger partial charge >= 0.3 is 6.03 Å². The molecule has 0 aliphatic heterocycles. The maximum absolute atomic E-state index is 14.7. The van der Waals surface area contributed by atoms with Crippen LogP contribution in [0.5, 0.6) is 11.5 Å². The van der Waals surface area contributed by atoms with Crippen LogP contribution in [0.3, 0.4) is 0 Å². The number of urea groups is 1. The van der Waals surface area contributed by atoms with Crippen molar-refractivity contribution in [1.29, 1.82) is 0 Å². The molecule has 0 bridgehead atoms. The molecule has 2 aromatic heterocycles. The van der Waals surface area contributed by atoms with Gasteiger partial charge in [-0.2, -0.15) is 0 Å². The van der Waals surface area contributed by atoms with Gasteiger partial charge in [-0.25, -0.2) is 18.6 Å². The summed E-state index contributed by atoms with van der Waals surface area (Å²) >= 11 is 0. The number of ether oxygens (including phenoxy) is 1. The van der Waals surface area contributed by atoms with E-state index in [4.69, 9.17) is 4.74 Å². The molecule has 0 atom stereocenters. The fraction of sp³-hybridized carbons (Fsp3) is 0. The van der Waals surface area contributed by atoms with E-state index in [-0.39, 0.29) is 17.1 Å². The van der Waals surface area contributed by atoms with E-state index in [1.54, 1.807) is 36.8 Å². The second kappa shape index (κ2) is 9.52. The Labute approximate surface area is 198 Å². The number of aromatic nitrogens is 3. The molecule has 2 amide bonds. The quantitative estimate of drug-likeness (QED) is 0.311. The van der Waals surface area contributed by atoms with E-state index >= 15 is 0 Å². The molecule has 9 heteroatoms. The smallest absolute Gasteiger partial charge is 0.323 e. The van der Waals surface area contributed by atoms with Crippen LogP contribution >= 0.6 is 0 Å². The van der Waals surface area contributed by atoms with Gasteiger partial charge in [0, 0.05) is 41.5 Å². The van der Waals surface area contributed by atoms with Crippen LogP contribution in [0.15, 0.2) is 91.4 Å². The van der Waals surface area contributed by atoms with Crippen molar-refractivity contribution in [2.75, 3.05) is 10.6 Å². The minimum atomic E-state index is -0.677. The van der Waals surface area contributed by atoms with Crippen LogP contribution in [-0.4, -0.2) is 21.0 Å². The fourth-order valence-electron chi connectivity index (χ4n) is 3.36. The topological polar surface area (TPSA) is 89.0 Å². The molecule has 0 saturated heterocycles. The van der Waals surface area contributed by atoms with Gasteiger partial charge in [-0.15, -0.1) is 0 Å². The van der Waals surface area contributed by atoms with Gasteiger partial charge in [0.15, 0.2) is 11.6 Å². The van der Waals surface area contributed by atoms with E-state index < -0.39 is 17.7 Å². The van der Waals surface area contributed by atoms with Gasteiger partial charge in [-0.05, 0) is 54.6 Å². The first-order valence-corrected chi connectivity index (χ1v) is 10.5. The average molecular weight is 469 g/mol. The minimum Gasteiger partial charge on any atom is -0.454 e. The summed E-state index contributed by atoms with van der Waals surface area (Å²) in [6.45, 7) is 0. The number of pyridine rings is 1. The largest absolute Gasteiger partial charge is 0.454 e. The second-order valence-electron chi connectivity index (χ2n) is 7.48. The van der Waals surface area contributed by atoms with Gasteiger partial charge in [-0.1, -0.05) is 6.07 Å². The highest BCUT2D eigenvalue weighted by molar-refractivity contribution is 5.99. The summed E-state index contributed by atoms with van der Waals surface area (Å²) in [6, 6.07) is 17.6. The number of hydrogen-bond acceptors (Lipinski definition) is 5. The van der Waals surface area contributed by atoms with Crippen molar-refractivity contribution >= 4 is 28.4 Å². The summed E-state index contributed by atoms with van der Waals surface area (Å²) in [5.41, 5.74) is 3.19. The molecule has 0 unspecified atom stereocenters. The maximum atomic E-state index is 14.7. The van der Waals surface area contributed by atoms with E-state index in [1.807, 2.05) is 12.1 Å². The Hall–Kier alpha value is -4.92. The van der Waals surface area contributed by atoms with Crippen molar-refractivity contribution in [2.45, 2.75) is 0 Å². The summed E-state index contributed by atoms with van der Waals surface area (Å²) in [7, 11) is 0. The summed E-state index contributed by atoms with van der Waals surface area (Å²) in [6.07, 6.45) is 5.03. The minimum absolute atomic E-state index is 0.0307. The number of anilines is 2. The monoisotopic (exact) mass is 469 g/mol. The normalized spacial score (nSPS) is 10.7. The number of amides is 2. The standard InChI is InChI=1S/C26H17F2N5O2/c27-17-4-1-5-18(11-17)31-26(34)32-19-6-9-25(21(28)12-19)35-20-7-8-22-23(13-20)33-24(15-30-22)16-3-2-10-29-14-16/h1-15H,(H2,31,32,34). The number of halogens is 2. The first-order chi connectivity index (χ1) is 17.0. The third-order valence-corrected chi connectivity index (χ3v) is 4.97. The van der Waals surface area contributed by atoms with Crippen molar-refractivity contribution in [3.63, 3.8) is 0 Å². The number of nitrogens with one attached hydrogen (secondary N) is 2. The van der Waals surface area contributed by atoms with E-state index in [0.717, 1.165) is 11.6 Å². The van der Waals surface area contributed by atoms with Gasteiger partial charge in [0.05, 0.1) is 22.9 Å². The van der Waals surface area contributed by atoms with Crippen molar-refractivity contribution < 1.29 is 18.3 Å². The van der Waals surface area contributed by atoms with Gasteiger partial charge in [0.1, 0.15) is 11.6 Å². The maximum Gasteiger partial charge on any atom is 0.323 e. The predicted molar refractivity (Wildman–Crippen MR) is 128 cm³/mol. The number of benzene rings is 3. The number of hydrogen-bond donors (Lipinski definition) is 2. The number of fused-ring (bicyclic) bond motifs is 1. The van der Waals surface area contributed by atoms with E-state index in [0.29, 0.717) is 22.5 Å². The molecule has 0 fully saturated rings. The van der Waals surface area contributed by atoms with Gasteiger partial charge in [0.2, 0.25) is 0 Å². The lowest BCUT2D eigenvalue weighted by Crippen LogP contribution is -2.19. The van der Waals surface area contributed by atoms with E-state index in [2.05, 4.69) is 25.6 Å². The molecule has 172 valence electrons. The highest BCUT2D eigenvalue weighted by Gasteiger charge is 2.11. The zero-order valence-electron chi connectivity index (χ0n) is 18.1. The molecule has 3 aromatic carbocycles. The summed E-state index contributed by atoms with van der Waals surface area (Å²) in [5.74, 6) is -0.817. The Kier molecular flexibility index (Phi) is 5.96. The Morgan fingerprint density at radius 2 is 1.69 bits per heavy atom. The molecule has 0 saturated carbocycles. The Morgan fingerprint density at radius 3 is 2.46 bits per heavy atom. The summed E-state index contributed by atoms with van der Waals surface area (Å²) in [4.78, 5) is 25.2. The third kappa shape index (κ3) is 5.19. The molecule has 2 N–H and O–H groups in total. The van der Waals surface area contributed by atoms with Crippen LogP contribution in [0.25, 0.3) is 22.3 Å². The first kappa shape index (κ1) is 21.9. The number of carbonyl (C=O) groups is 1. The zero-order chi connectivity index (χ0) is 24.2. The first-order valence-electron chi connectivity index (χ1n) is 10.5. The van der Waals surface area contributed by atoms with Crippen LogP contribution in [-0.2, 0) is 0 Å². The summed E-state index contributed by atoms with van der Waals surface area (Å²) in [5, 5.41) is 4.97. The lowest BCUT2D eigenvalue weighted by molar-refractivity contribution is 0.262. The molecule has 0 aliphatic rings. The lowest BCUT2D eigenvalue weighted by atomic mass is 10.2. The molecule has 5 rings (SSSR count).